The lowest BCUT2D eigenvalue weighted by Gasteiger charge is -2.50. The minimum Gasteiger partial charge on any atom is -0.740 e. The van der Waals surface area contributed by atoms with Crippen molar-refractivity contribution in [1.29, 1.82) is 0 Å². The van der Waals surface area contributed by atoms with Crippen molar-refractivity contribution in [3.8, 4) is 5.75 Å². The molecule has 2 saturated carbocycles. The van der Waals surface area contributed by atoms with Crippen LogP contribution in [0.4, 0.5) is 0 Å². The third-order valence-corrected chi connectivity index (χ3v) is 7.14. The molecule has 0 aliphatic heterocycles. The van der Waals surface area contributed by atoms with Crippen LogP contribution in [0.25, 0.3) is 0 Å². The van der Waals surface area contributed by atoms with Gasteiger partial charge in [-0.05, 0) is 85.0 Å². The molecule has 0 amide bonds. The lowest BCUT2D eigenvalue weighted by atomic mass is 9.55. The molecule has 0 aromatic heterocycles. The van der Waals surface area contributed by atoms with Gasteiger partial charge in [0, 0.05) is 0 Å². The highest BCUT2D eigenvalue weighted by atomic mass is 32.2. The van der Waals surface area contributed by atoms with Crippen LogP contribution in [0, 0.1) is 17.3 Å². The fourth-order valence-corrected chi connectivity index (χ4v) is 5.92. The zero-order valence-electron chi connectivity index (χ0n) is 13.4. The zero-order chi connectivity index (χ0) is 16.2. The monoisotopic (exact) mass is 335 g/mol. The molecule has 3 aliphatic rings. The molecule has 4 unspecified atom stereocenters. The van der Waals surface area contributed by atoms with E-state index in [4.69, 9.17) is 4.18 Å². The first-order chi connectivity index (χ1) is 11.0. The van der Waals surface area contributed by atoms with E-state index in [-0.39, 0.29) is 11.5 Å². The molecule has 2 fully saturated rings. The van der Waals surface area contributed by atoms with Crippen LogP contribution in [-0.2, 0) is 17.8 Å². The molecule has 4 nitrogen and oxygen atoms in total. The van der Waals surface area contributed by atoms with Gasteiger partial charge in [-0.25, -0.2) is 4.21 Å². The molecular formula is C18H23O4S-. The average Bonchev–Trinajstić information content (AvgIpc) is 2.82. The van der Waals surface area contributed by atoms with Crippen molar-refractivity contribution in [3.63, 3.8) is 0 Å². The first kappa shape index (κ1) is 15.6. The predicted molar refractivity (Wildman–Crippen MR) is 86.6 cm³/mol. The summed E-state index contributed by atoms with van der Waals surface area (Å²) < 4.78 is 26.2. The Morgan fingerprint density at radius 1 is 1.30 bits per heavy atom. The SMILES string of the molecule is C[C@]12CCC3c4ccc(OS(=O)[O-])cc4CCC3C1CC[C@H]2O. The second-order valence-electron chi connectivity index (χ2n) is 7.70. The summed E-state index contributed by atoms with van der Waals surface area (Å²) in [5.74, 6) is 2.23. The van der Waals surface area contributed by atoms with Crippen molar-refractivity contribution >= 4 is 11.4 Å². The topological polar surface area (TPSA) is 69.6 Å². The normalized spacial score (nSPS) is 40.0. The van der Waals surface area contributed by atoms with E-state index in [9.17, 15) is 13.9 Å². The maximum Gasteiger partial charge on any atom is 0.139 e. The molecule has 1 aromatic carbocycles. The number of fused-ring (bicyclic) bond motifs is 5. The van der Waals surface area contributed by atoms with Crippen LogP contribution in [0.15, 0.2) is 18.2 Å². The van der Waals surface area contributed by atoms with Gasteiger partial charge in [0.05, 0.1) is 6.10 Å². The van der Waals surface area contributed by atoms with Crippen LogP contribution in [0.5, 0.6) is 5.75 Å². The van der Waals surface area contributed by atoms with E-state index >= 15 is 0 Å². The largest absolute Gasteiger partial charge is 0.740 e. The number of aliphatic hydroxyl groups is 1. The Bertz CT molecular complexity index is 646. The van der Waals surface area contributed by atoms with E-state index in [0.29, 0.717) is 23.5 Å². The third-order valence-electron chi connectivity index (χ3n) is 6.81. The van der Waals surface area contributed by atoms with Gasteiger partial charge in [0.15, 0.2) is 0 Å². The summed E-state index contributed by atoms with van der Waals surface area (Å²) in [6, 6.07) is 5.72. The van der Waals surface area contributed by atoms with Crippen molar-refractivity contribution < 1.29 is 18.1 Å². The van der Waals surface area contributed by atoms with Crippen LogP contribution in [0.1, 0.15) is 56.1 Å². The van der Waals surface area contributed by atoms with Crippen molar-refractivity contribution in [2.24, 2.45) is 17.3 Å². The lowest BCUT2D eigenvalue weighted by Crippen LogP contribution is -2.43. The number of rotatable bonds is 2. The molecule has 0 heterocycles. The number of hydrogen-bond donors (Lipinski definition) is 1. The molecule has 0 bridgehead atoms. The molecular weight excluding hydrogens is 312 g/mol. The third kappa shape index (κ3) is 2.44. The van der Waals surface area contributed by atoms with Gasteiger partial charge in [-0.1, -0.05) is 13.0 Å². The van der Waals surface area contributed by atoms with Crippen molar-refractivity contribution in [2.75, 3.05) is 0 Å². The molecule has 126 valence electrons. The van der Waals surface area contributed by atoms with E-state index < -0.39 is 11.4 Å². The summed E-state index contributed by atoms with van der Waals surface area (Å²) in [5.41, 5.74) is 2.70. The molecule has 4 rings (SSSR count). The highest BCUT2D eigenvalue weighted by Crippen LogP contribution is 2.60. The van der Waals surface area contributed by atoms with Crippen LogP contribution in [0.2, 0.25) is 0 Å². The van der Waals surface area contributed by atoms with E-state index in [1.165, 1.54) is 11.1 Å². The molecule has 23 heavy (non-hydrogen) atoms. The van der Waals surface area contributed by atoms with Gasteiger partial charge in [-0.15, -0.1) is 0 Å². The summed E-state index contributed by atoms with van der Waals surface area (Å²) in [4.78, 5) is 0. The minimum atomic E-state index is -2.52. The van der Waals surface area contributed by atoms with Crippen molar-refractivity contribution in [3.05, 3.63) is 29.3 Å². The van der Waals surface area contributed by atoms with Crippen molar-refractivity contribution in [2.45, 2.75) is 57.5 Å². The Hall–Kier alpha value is -0.910. The van der Waals surface area contributed by atoms with Crippen LogP contribution in [-0.4, -0.2) is 20.0 Å². The number of aryl methyl sites for hydroxylation is 1. The minimum absolute atomic E-state index is 0.0984. The molecule has 0 saturated heterocycles. The molecule has 1 N–H and O–H groups in total. The van der Waals surface area contributed by atoms with Gasteiger partial charge in [0.1, 0.15) is 17.1 Å². The molecule has 1 aromatic rings. The lowest BCUT2D eigenvalue weighted by molar-refractivity contribution is -0.0226. The Morgan fingerprint density at radius 3 is 2.91 bits per heavy atom. The van der Waals surface area contributed by atoms with Gasteiger partial charge < -0.3 is 13.8 Å². The van der Waals surface area contributed by atoms with Gasteiger partial charge in [0.25, 0.3) is 0 Å². The maximum atomic E-state index is 10.7. The number of aliphatic hydroxyl groups excluding tert-OH is 1. The summed E-state index contributed by atoms with van der Waals surface area (Å²) in [6.45, 7) is 2.28. The van der Waals surface area contributed by atoms with Gasteiger partial charge in [-0.3, -0.25) is 0 Å². The Kier molecular flexibility index (Phi) is 3.78. The fourth-order valence-electron chi connectivity index (χ4n) is 5.66. The van der Waals surface area contributed by atoms with E-state index in [2.05, 4.69) is 13.0 Å². The highest BCUT2D eigenvalue weighted by Gasteiger charge is 2.54. The van der Waals surface area contributed by atoms with Crippen LogP contribution in [0.3, 0.4) is 0 Å². The van der Waals surface area contributed by atoms with Gasteiger partial charge in [0.2, 0.25) is 0 Å². The van der Waals surface area contributed by atoms with Crippen LogP contribution < -0.4 is 4.18 Å². The molecule has 0 spiro atoms. The Balaban J connectivity index is 1.63. The molecule has 6 atom stereocenters. The van der Waals surface area contributed by atoms with Crippen LogP contribution >= 0.6 is 0 Å². The highest BCUT2D eigenvalue weighted by molar-refractivity contribution is 7.74. The molecule has 3 aliphatic carbocycles. The quantitative estimate of drug-likeness (QED) is 0.843. The van der Waals surface area contributed by atoms with Gasteiger partial charge in [-0.2, -0.15) is 0 Å². The summed E-state index contributed by atoms with van der Waals surface area (Å²) in [7, 11) is 0. The summed E-state index contributed by atoms with van der Waals surface area (Å²) in [5, 5.41) is 10.4. The van der Waals surface area contributed by atoms with Gasteiger partial charge >= 0.3 is 0 Å². The van der Waals surface area contributed by atoms with E-state index in [0.717, 1.165) is 38.5 Å². The fraction of sp³-hybridized carbons (Fsp3) is 0.667. The first-order valence-electron chi connectivity index (χ1n) is 8.57. The second-order valence-corrected chi connectivity index (χ2v) is 8.28. The van der Waals surface area contributed by atoms with E-state index in [1.807, 2.05) is 6.07 Å². The number of hydrogen-bond acceptors (Lipinski definition) is 4. The maximum absolute atomic E-state index is 10.7. The molecule has 0 radical (unpaired) electrons. The number of benzene rings is 1. The average molecular weight is 335 g/mol. The summed E-state index contributed by atoms with van der Waals surface area (Å²) in [6.07, 6.45) is 6.26. The second kappa shape index (κ2) is 5.57. The predicted octanol–water partition coefficient (Wildman–Crippen LogP) is 3.08. The summed E-state index contributed by atoms with van der Waals surface area (Å²) >= 11 is -2.52. The Morgan fingerprint density at radius 2 is 2.13 bits per heavy atom. The van der Waals surface area contributed by atoms with E-state index in [1.54, 1.807) is 6.07 Å². The van der Waals surface area contributed by atoms with Crippen molar-refractivity contribution in [1.82, 2.24) is 0 Å². The molecule has 5 heteroatoms. The standard InChI is InChI=1S/C18H24O4S/c1-18-9-8-14-13-5-3-12(22-23(20)21)10-11(13)2-4-15(14)16(18)6-7-17(18)19/h3,5,10,14-17,19H,2,4,6-9H2,1H3,(H,20,21)/p-1/t14?,15?,16?,17-,18+/m1/s1. The Labute approximate surface area is 139 Å². The first-order valence-corrected chi connectivity index (χ1v) is 9.57. The smallest absolute Gasteiger partial charge is 0.139 e. The zero-order valence-corrected chi connectivity index (χ0v) is 14.2.